The Morgan fingerprint density at radius 2 is 2.05 bits per heavy atom. The number of hydrogen-bond acceptors (Lipinski definition) is 4. The number of benzene rings is 1. The van der Waals surface area contributed by atoms with Crippen LogP contribution in [0.3, 0.4) is 0 Å². The third kappa shape index (κ3) is 3.97. The minimum atomic E-state index is -0.884. The first-order valence-corrected chi connectivity index (χ1v) is 6.63. The summed E-state index contributed by atoms with van der Waals surface area (Å²) >= 11 is 0. The summed E-state index contributed by atoms with van der Waals surface area (Å²) in [6, 6.07) is 2.33. The molecule has 1 rings (SSSR count). The molecule has 6 nitrogen and oxygen atoms in total. The average molecular weight is 308 g/mol. The summed E-state index contributed by atoms with van der Waals surface area (Å²) in [6.07, 6.45) is 1.32. The molecule has 1 N–H and O–H groups in total. The lowest BCUT2D eigenvalue weighted by Gasteiger charge is -2.26. The zero-order valence-electron chi connectivity index (χ0n) is 12.3. The van der Waals surface area contributed by atoms with Gasteiger partial charge in [0.2, 0.25) is 5.91 Å². The quantitative estimate of drug-likeness (QED) is 0.755. The van der Waals surface area contributed by atoms with Crippen molar-refractivity contribution < 1.29 is 23.6 Å². The van der Waals surface area contributed by atoms with Crippen LogP contribution in [0.5, 0.6) is 0 Å². The van der Waals surface area contributed by atoms with Gasteiger partial charge in [-0.25, -0.2) is 4.39 Å². The highest BCUT2D eigenvalue weighted by Crippen LogP contribution is 2.15. The molecule has 22 heavy (non-hydrogen) atoms. The van der Waals surface area contributed by atoms with E-state index < -0.39 is 23.7 Å². The number of nitrogens with one attached hydrogen (secondary N) is 1. The maximum atomic E-state index is 13.3. The van der Waals surface area contributed by atoms with E-state index in [9.17, 15) is 23.6 Å². The minimum absolute atomic E-state index is 0.0318. The van der Waals surface area contributed by atoms with Crippen molar-refractivity contribution in [1.29, 1.82) is 0 Å². The molecule has 1 aromatic carbocycles. The predicted molar refractivity (Wildman–Crippen MR) is 77.0 cm³/mol. The van der Waals surface area contributed by atoms with Gasteiger partial charge in [-0.3, -0.25) is 14.4 Å². The van der Waals surface area contributed by atoms with Gasteiger partial charge in [0.25, 0.3) is 5.91 Å². The van der Waals surface area contributed by atoms with Gasteiger partial charge in [-0.2, -0.15) is 0 Å². The molecule has 0 aliphatic heterocycles. The van der Waals surface area contributed by atoms with Gasteiger partial charge in [0.05, 0.1) is 5.56 Å². The van der Waals surface area contributed by atoms with Crippen LogP contribution in [-0.2, 0) is 9.59 Å². The second-order valence-electron chi connectivity index (χ2n) is 4.64. The molecule has 0 fully saturated rings. The SMILES string of the molecule is CNC(=O)C(CCC=O)N(C)C(=O)c1cc(F)ccc1C=O. The molecular weight excluding hydrogens is 291 g/mol. The summed E-state index contributed by atoms with van der Waals surface area (Å²) in [4.78, 5) is 46.9. The van der Waals surface area contributed by atoms with Crippen molar-refractivity contribution in [2.24, 2.45) is 0 Å². The van der Waals surface area contributed by atoms with Crippen molar-refractivity contribution in [3.05, 3.63) is 35.1 Å². The third-order valence-corrected chi connectivity index (χ3v) is 3.27. The maximum absolute atomic E-state index is 13.3. The molecule has 118 valence electrons. The van der Waals surface area contributed by atoms with E-state index in [1.807, 2.05) is 0 Å². The van der Waals surface area contributed by atoms with Crippen LogP contribution in [-0.4, -0.2) is 49.4 Å². The highest BCUT2D eigenvalue weighted by atomic mass is 19.1. The molecule has 0 heterocycles. The van der Waals surface area contributed by atoms with Gasteiger partial charge in [-0.1, -0.05) is 0 Å². The monoisotopic (exact) mass is 308 g/mol. The number of halogens is 1. The summed E-state index contributed by atoms with van der Waals surface area (Å²) in [5.74, 6) is -1.77. The molecule has 0 saturated heterocycles. The molecule has 0 bridgehead atoms. The highest BCUT2D eigenvalue weighted by molar-refractivity contribution is 6.03. The molecule has 0 spiro atoms. The molecule has 1 atom stereocenters. The number of rotatable bonds is 7. The lowest BCUT2D eigenvalue weighted by molar-refractivity contribution is -0.125. The van der Waals surface area contributed by atoms with Crippen LogP contribution in [0, 0.1) is 5.82 Å². The molecule has 7 heteroatoms. The van der Waals surface area contributed by atoms with Crippen molar-refractivity contribution in [3.63, 3.8) is 0 Å². The lowest BCUT2D eigenvalue weighted by Crippen LogP contribution is -2.47. The van der Waals surface area contributed by atoms with Gasteiger partial charge in [-0.05, 0) is 24.6 Å². The predicted octanol–water partition coefficient (Wildman–Crippen LogP) is 0.804. The van der Waals surface area contributed by atoms with E-state index in [2.05, 4.69) is 5.32 Å². The summed E-state index contributed by atoms with van der Waals surface area (Å²) in [6.45, 7) is 0. The lowest BCUT2D eigenvalue weighted by atomic mass is 10.0. The Bertz CT molecular complexity index is 589. The van der Waals surface area contributed by atoms with E-state index in [4.69, 9.17) is 0 Å². The molecule has 0 radical (unpaired) electrons. The van der Waals surface area contributed by atoms with Gasteiger partial charge >= 0.3 is 0 Å². The summed E-state index contributed by atoms with van der Waals surface area (Å²) in [5.41, 5.74) is -0.0956. The van der Waals surface area contributed by atoms with Crippen molar-refractivity contribution in [2.45, 2.75) is 18.9 Å². The van der Waals surface area contributed by atoms with Crippen LogP contribution in [0.1, 0.15) is 33.6 Å². The molecule has 0 aliphatic carbocycles. The fourth-order valence-electron chi connectivity index (χ4n) is 2.04. The number of hydrogen-bond donors (Lipinski definition) is 1. The van der Waals surface area contributed by atoms with Crippen molar-refractivity contribution in [2.75, 3.05) is 14.1 Å². The smallest absolute Gasteiger partial charge is 0.255 e. The molecule has 2 amide bonds. The largest absolute Gasteiger partial charge is 0.357 e. The van der Waals surface area contributed by atoms with E-state index in [0.29, 0.717) is 12.6 Å². The van der Waals surface area contributed by atoms with Gasteiger partial charge < -0.3 is 15.0 Å². The van der Waals surface area contributed by atoms with Gasteiger partial charge in [0, 0.05) is 26.1 Å². The first kappa shape index (κ1) is 17.5. The van der Waals surface area contributed by atoms with Crippen molar-refractivity contribution >= 4 is 24.4 Å². The Labute approximate surface area is 127 Å². The van der Waals surface area contributed by atoms with E-state index in [0.717, 1.165) is 17.0 Å². The van der Waals surface area contributed by atoms with Crippen LogP contribution >= 0.6 is 0 Å². The van der Waals surface area contributed by atoms with E-state index in [1.54, 1.807) is 0 Å². The Balaban J connectivity index is 3.12. The normalized spacial score (nSPS) is 11.4. The van der Waals surface area contributed by atoms with Gasteiger partial charge in [0.1, 0.15) is 18.1 Å². The Morgan fingerprint density at radius 1 is 1.36 bits per heavy atom. The number of nitrogens with zero attached hydrogens (tertiary/aromatic N) is 1. The topological polar surface area (TPSA) is 83.6 Å². The Morgan fingerprint density at radius 3 is 2.59 bits per heavy atom. The van der Waals surface area contributed by atoms with Crippen LogP contribution in [0.2, 0.25) is 0 Å². The summed E-state index contributed by atoms with van der Waals surface area (Å²) in [5, 5.41) is 2.41. The van der Waals surface area contributed by atoms with Gasteiger partial charge in [-0.15, -0.1) is 0 Å². The van der Waals surface area contributed by atoms with Crippen molar-refractivity contribution in [1.82, 2.24) is 10.2 Å². The highest BCUT2D eigenvalue weighted by Gasteiger charge is 2.27. The van der Waals surface area contributed by atoms with E-state index >= 15 is 0 Å². The van der Waals surface area contributed by atoms with Crippen LogP contribution in [0.25, 0.3) is 0 Å². The first-order chi connectivity index (χ1) is 10.5. The first-order valence-electron chi connectivity index (χ1n) is 6.63. The number of carbonyl (C=O) groups is 4. The second kappa shape index (κ2) is 8.02. The van der Waals surface area contributed by atoms with Crippen LogP contribution < -0.4 is 5.32 Å². The molecule has 0 aromatic heterocycles. The molecule has 0 saturated carbocycles. The minimum Gasteiger partial charge on any atom is -0.357 e. The maximum Gasteiger partial charge on any atom is 0.255 e. The summed E-state index contributed by atoms with van der Waals surface area (Å²) < 4.78 is 13.3. The molecule has 0 aliphatic rings. The Hall–Kier alpha value is -2.57. The third-order valence-electron chi connectivity index (χ3n) is 3.27. The molecule has 1 unspecified atom stereocenters. The fraction of sp³-hybridized carbons (Fsp3) is 0.333. The number of likely N-dealkylation sites (N-methyl/N-ethyl adjacent to an activating group) is 2. The van der Waals surface area contributed by atoms with Gasteiger partial charge in [0.15, 0.2) is 6.29 Å². The fourth-order valence-corrected chi connectivity index (χ4v) is 2.04. The van der Waals surface area contributed by atoms with Crippen molar-refractivity contribution in [3.8, 4) is 0 Å². The standard InChI is InChI=1S/C15H17FN2O4/c1-17-14(21)13(4-3-7-19)18(2)15(22)12-8-11(16)6-5-10(12)9-20/h5-9,13H,3-4H2,1-2H3,(H,17,21). The van der Waals surface area contributed by atoms with E-state index in [-0.39, 0.29) is 24.0 Å². The summed E-state index contributed by atoms with van der Waals surface area (Å²) in [7, 11) is 2.78. The zero-order chi connectivity index (χ0) is 16.7. The molecular formula is C15H17FN2O4. The van der Waals surface area contributed by atoms with Crippen LogP contribution in [0.15, 0.2) is 18.2 Å². The number of carbonyl (C=O) groups excluding carboxylic acids is 4. The number of aldehydes is 2. The zero-order valence-corrected chi connectivity index (χ0v) is 12.3. The molecule has 1 aromatic rings. The Kier molecular flexibility index (Phi) is 6.37. The van der Waals surface area contributed by atoms with Crippen LogP contribution in [0.4, 0.5) is 4.39 Å². The number of amides is 2. The average Bonchev–Trinajstić information content (AvgIpc) is 2.53. The van der Waals surface area contributed by atoms with E-state index in [1.165, 1.54) is 20.2 Å². The second-order valence-corrected chi connectivity index (χ2v) is 4.64.